The lowest BCUT2D eigenvalue weighted by Gasteiger charge is -2.37. The summed E-state index contributed by atoms with van der Waals surface area (Å²) in [6.45, 7) is 5.54. The molecule has 38 heavy (non-hydrogen) atoms. The van der Waals surface area contributed by atoms with Crippen LogP contribution < -0.4 is 0 Å². The van der Waals surface area contributed by atoms with E-state index >= 15 is 0 Å². The summed E-state index contributed by atoms with van der Waals surface area (Å²) in [4.78, 5) is 26.2. The molecule has 0 saturated carbocycles. The molecular formula is C30H31Cl2NO5. The minimum Gasteiger partial charge on any atom is -0.478 e. The highest BCUT2D eigenvalue weighted by atomic mass is 35.5. The van der Waals surface area contributed by atoms with Crippen molar-refractivity contribution in [3.8, 4) is 11.1 Å². The van der Waals surface area contributed by atoms with Crippen molar-refractivity contribution >= 4 is 35.3 Å². The molecule has 0 aliphatic heterocycles. The van der Waals surface area contributed by atoms with Gasteiger partial charge in [-0.25, -0.2) is 9.59 Å². The summed E-state index contributed by atoms with van der Waals surface area (Å²) in [7, 11) is 0. The van der Waals surface area contributed by atoms with Gasteiger partial charge in [-0.2, -0.15) is 0 Å². The smallest absolute Gasteiger partial charge is 0.410 e. The molecule has 8 heteroatoms. The molecule has 4 rings (SSSR count). The lowest BCUT2D eigenvalue weighted by atomic mass is 9.85. The molecule has 0 bridgehead atoms. The fourth-order valence-corrected chi connectivity index (χ4v) is 5.14. The Hall–Kier alpha value is -3.06. The zero-order valence-corrected chi connectivity index (χ0v) is 23.1. The first-order valence-corrected chi connectivity index (χ1v) is 13.2. The van der Waals surface area contributed by atoms with E-state index in [1.165, 1.54) is 17.7 Å². The van der Waals surface area contributed by atoms with Crippen LogP contribution in [-0.4, -0.2) is 45.4 Å². The average Bonchev–Trinajstić information content (AvgIpc) is 2.85. The topological polar surface area (TPSA) is 87.1 Å². The number of hydrogen-bond donors (Lipinski definition) is 2. The fourth-order valence-electron chi connectivity index (χ4n) is 4.72. The number of rotatable bonds is 6. The second kappa shape index (κ2) is 11.4. The van der Waals surface area contributed by atoms with Gasteiger partial charge in [0, 0.05) is 21.7 Å². The zero-order chi connectivity index (χ0) is 27.6. The monoisotopic (exact) mass is 555 g/mol. The summed E-state index contributed by atoms with van der Waals surface area (Å²) in [5.74, 6) is -1.03. The standard InChI is InChI=1S/C30H31Cl2NO5/c1-30(2,3)38-29(37)33(17-27(34)19-6-10-23(31)11-7-19)24-12-8-18-4-5-20(14-22(18)15-24)25-13-9-21(28(35)36)16-26(25)32/h4-7,9-11,13-14,16,24,27,34H,8,12,15,17H2,1-3H3,(H,35,36)/t24-,27-/m0/s1. The number of fused-ring (bicyclic) bond motifs is 1. The molecule has 6 nitrogen and oxygen atoms in total. The maximum Gasteiger partial charge on any atom is 0.410 e. The summed E-state index contributed by atoms with van der Waals surface area (Å²) in [6, 6.07) is 17.5. The fraction of sp³-hybridized carbons (Fsp3) is 0.333. The van der Waals surface area contributed by atoms with E-state index in [0.717, 1.165) is 29.5 Å². The normalized spacial score (nSPS) is 15.9. The van der Waals surface area contributed by atoms with Crippen LogP contribution in [0.5, 0.6) is 0 Å². The Morgan fingerprint density at radius 2 is 1.74 bits per heavy atom. The number of carbonyl (C=O) groups is 2. The van der Waals surface area contributed by atoms with Crippen molar-refractivity contribution < 1.29 is 24.5 Å². The summed E-state index contributed by atoms with van der Waals surface area (Å²) in [5.41, 5.74) is 3.99. The van der Waals surface area contributed by atoms with Gasteiger partial charge in [0.1, 0.15) is 5.60 Å². The molecule has 0 fully saturated rings. The molecule has 0 unspecified atom stereocenters. The SMILES string of the molecule is CC(C)(C)OC(=O)N(C[C@H](O)c1ccc(Cl)cc1)[C@H]1CCc2ccc(-c3ccc(C(=O)O)cc3Cl)cc2C1. The molecule has 0 radical (unpaired) electrons. The van der Waals surface area contributed by atoms with Crippen LogP contribution in [0.3, 0.4) is 0 Å². The van der Waals surface area contributed by atoms with Gasteiger partial charge in [-0.3, -0.25) is 0 Å². The quantitative estimate of drug-likeness (QED) is 0.336. The molecule has 2 N–H and O–H groups in total. The Labute approximate surface area is 232 Å². The molecule has 200 valence electrons. The number of aryl methyl sites for hydroxylation is 1. The van der Waals surface area contributed by atoms with Crippen LogP contribution in [0.15, 0.2) is 60.7 Å². The van der Waals surface area contributed by atoms with Gasteiger partial charge in [-0.15, -0.1) is 0 Å². The largest absolute Gasteiger partial charge is 0.478 e. The van der Waals surface area contributed by atoms with Gasteiger partial charge in [-0.05, 0) is 86.6 Å². The summed E-state index contributed by atoms with van der Waals surface area (Å²) >= 11 is 12.4. The number of aliphatic hydroxyl groups is 1. The lowest BCUT2D eigenvalue weighted by Crippen LogP contribution is -2.47. The predicted molar refractivity (Wildman–Crippen MR) is 149 cm³/mol. The minimum atomic E-state index is -1.03. The van der Waals surface area contributed by atoms with Gasteiger partial charge in [0.05, 0.1) is 18.2 Å². The molecule has 1 aliphatic carbocycles. The molecule has 2 atom stereocenters. The van der Waals surface area contributed by atoms with Gasteiger partial charge in [0.25, 0.3) is 0 Å². The van der Waals surface area contributed by atoms with Crippen molar-refractivity contribution in [3.05, 3.63) is 93.0 Å². The van der Waals surface area contributed by atoms with E-state index in [4.69, 9.17) is 27.9 Å². The van der Waals surface area contributed by atoms with E-state index in [0.29, 0.717) is 22.0 Å². The van der Waals surface area contributed by atoms with E-state index < -0.39 is 23.8 Å². The molecule has 0 heterocycles. The third-order valence-electron chi connectivity index (χ3n) is 6.63. The number of hydrogen-bond acceptors (Lipinski definition) is 4. The van der Waals surface area contributed by atoms with Crippen LogP contribution in [0.1, 0.15) is 60.3 Å². The van der Waals surface area contributed by atoms with E-state index in [1.54, 1.807) is 35.2 Å². The number of aliphatic hydroxyl groups excluding tert-OH is 1. The van der Waals surface area contributed by atoms with Crippen molar-refractivity contribution in [1.82, 2.24) is 4.90 Å². The maximum absolute atomic E-state index is 13.3. The van der Waals surface area contributed by atoms with Crippen molar-refractivity contribution in [1.29, 1.82) is 0 Å². The van der Waals surface area contributed by atoms with E-state index in [-0.39, 0.29) is 18.2 Å². The molecule has 1 amide bonds. The lowest BCUT2D eigenvalue weighted by molar-refractivity contribution is 0.00195. The Bertz CT molecular complexity index is 1330. The molecule has 0 saturated heterocycles. The molecule has 3 aromatic rings. The average molecular weight is 556 g/mol. The highest BCUT2D eigenvalue weighted by molar-refractivity contribution is 6.33. The molecule has 1 aliphatic rings. The van der Waals surface area contributed by atoms with Crippen molar-refractivity contribution in [2.45, 2.75) is 57.8 Å². The first-order valence-electron chi connectivity index (χ1n) is 12.5. The van der Waals surface area contributed by atoms with Gasteiger partial charge in [-0.1, -0.05) is 59.6 Å². The number of benzene rings is 3. The van der Waals surface area contributed by atoms with Gasteiger partial charge < -0.3 is 19.8 Å². The number of aromatic carboxylic acids is 1. The Kier molecular flexibility index (Phi) is 8.36. The number of carbonyl (C=O) groups excluding carboxylic acids is 1. The number of halogens is 2. The molecule has 0 spiro atoms. The van der Waals surface area contributed by atoms with E-state index in [1.807, 2.05) is 32.9 Å². The number of carboxylic acid groups (broad SMARTS) is 1. The molecule has 0 aromatic heterocycles. The predicted octanol–water partition coefficient (Wildman–Crippen LogP) is 7.19. The van der Waals surface area contributed by atoms with E-state index in [2.05, 4.69) is 6.07 Å². The van der Waals surface area contributed by atoms with Crippen LogP contribution >= 0.6 is 23.2 Å². The van der Waals surface area contributed by atoms with Gasteiger partial charge in [0.2, 0.25) is 0 Å². The highest BCUT2D eigenvalue weighted by Crippen LogP contribution is 2.34. The van der Waals surface area contributed by atoms with Crippen LogP contribution in [0.4, 0.5) is 4.79 Å². The zero-order valence-electron chi connectivity index (χ0n) is 21.6. The maximum atomic E-state index is 13.3. The van der Waals surface area contributed by atoms with Crippen LogP contribution in [-0.2, 0) is 17.6 Å². The van der Waals surface area contributed by atoms with E-state index in [9.17, 15) is 19.8 Å². The summed E-state index contributed by atoms with van der Waals surface area (Å²) in [5, 5.41) is 21.2. The Morgan fingerprint density at radius 1 is 1.03 bits per heavy atom. The van der Waals surface area contributed by atoms with Crippen molar-refractivity contribution in [2.24, 2.45) is 0 Å². The van der Waals surface area contributed by atoms with Gasteiger partial charge >= 0.3 is 12.1 Å². The second-order valence-electron chi connectivity index (χ2n) is 10.6. The third-order valence-corrected chi connectivity index (χ3v) is 7.19. The van der Waals surface area contributed by atoms with Crippen LogP contribution in [0.25, 0.3) is 11.1 Å². The highest BCUT2D eigenvalue weighted by Gasteiger charge is 2.33. The summed E-state index contributed by atoms with van der Waals surface area (Å²) in [6.07, 6.45) is 0.706. The van der Waals surface area contributed by atoms with Crippen LogP contribution in [0.2, 0.25) is 10.0 Å². The minimum absolute atomic E-state index is 0.0821. The second-order valence-corrected chi connectivity index (χ2v) is 11.4. The first kappa shape index (κ1) is 28.0. The van der Waals surface area contributed by atoms with Crippen LogP contribution in [0, 0.1) is 0 Å². The van der Waals surface area contributed by atoms with Crippen molar-refractivity contribution in [3.63, 3.8) is 0 Å². The summed E-state index contributed by atoms with van der Waals surface area (Å²) < 4.78 is 5.73. The third kappa shape index (κ3) is 6.68. The Balaban J connectivity index is 1.61. The number of carboxylic acids is 1. The molecule has 3 aromatic carbocycles. The van der Waals surface area contributed by atoms with Crippen molar-refractivity contribution in [2.75, 3.05) is 6.54 Å². The molecular weight excluding hydrogens is 525 g/mol. The number of nitrogens with zero attached hydrogens (tertiary/aromatic N) is 1. The van der Waals surface area contributed by atoms with Gasteiger partial charge in [0.15, 0.2) is 0 Å². The Morgan fingerprint density at radius 3 is 2.37 bits per heavy atom. The first-order chi connectivity index (χ1) is 17.9. The number of amides is 1. The number of ether oxygens (including phenoxy) is 1.